The van der Waals surface area contributed by atoms with Crippen molar-refractivity contribution in [3.05, 3.63) is 34.4 Å². The van der Waals surface area contributed by atoms with Crippen LogP contribution in [-0.4, -0.2) is 21.1 Å². The van der Waals surface area contributed by atoms with Gasteiger partial charge in [-0.1, -0.05) is 0 Å². The van der Waals surface area contributed by atoms with Crippen molar-refractivity contribution >= 4 is 21.1 Å². The van der Waals surface area contributed by atoms with E-state index in [9.17, 15) is 4.79 Å². The first-order valence-corrected chi connectivity index (χ1v) is 6.21. The second-order valence-corrected chi connectivity index (χ2v) is 5.24. The SMILES string of the molecule is Cc1cc(C)c([C](=O)[GeH3])c(C)c1. The molecule has 0 aromatic heterocycles. The maximum atomic E-state index is 11.3. The molecule has 0 saturated heterocycles. The van der Waals surface area contributed by atoms with Crippen LogP contribution >= 0.6 is 0 Å². The van der Waals surface area contributed by atoms with E-state index in [1.807, 2.05) is 13.8 Å². The first-order valence-electron chi connectivity index (χ1n) is 4.11. The van der Waals surface area contributed by atoms with Gasteiger partial charge in [0.25, 0.3) is 0 Å². The Morgan fingerprint density at radius 3 is 1.92 bits per heavy atom. The Bertz CT molecular complexity index is 306. The Balaban J connectivity index is 3.38. The molecule has 1 nitrogen and oxygen atoms in total. The molecule has 64 valence electrons. The third-order valence-electron chi connectivity index (χ3n) is 2.03. The summed E-state index contributed by atoms with van der Waals surface area (Å²) < 4.78 is 0.345. The fourth-order valence-electron chi connectivity index (χ4n) is 1.74. The Kier molecular flexibility index (Phi) is 2.73. The van der Waals surface area contributed by atoms with Crippen molar-refractivity contribution < 1.29 is 4.79 Å². The molecule has 2 heteroatoms. The zero-order valence-electron chi connectivity index (χ0n) is 8.06. The molecule has 0 unspecified atom stereocenters. The first kappa shape index (κ1) is 9.52. The summed E-state index contributed by atoms with van der Waals surface area (Å²) in [6.45, 7) is 6.09. The van der Waals surface area contributed by atoms with Gasteiger partial charge < -0.3 is 0 Å². The molecule has 1 rings (SSSR count). The topological polar surface area (TPSA) is 17.1 Å². The van der Waals surface area contributed by atoms with Gasteiger partial charge in [0.05, 0.1) is 0 Å². The number of aryl methyl sites for hydroxylation is 3. The number of rotatable bonds is 1. The number of hydrogen-bond donors (Lipinski definition) is 0. The number of carbonyl (C=O) groups excluding carboxylic acids is 1. The van der Waals surface area contributed by atoms with E-state index in [2.05, 4.69) is 19.1 Å². The Morgan fingerprint density at radius 1 is 1.17 bits per heavy atom. The molecule has 0 saturated carbocycles. The maximum absolute atomic E-state index is 11.3. The molecule has 0 radical (unpaired) electrons. The van der Waals surface area contributed by atoms with E-state index in [0.29, 0.717) is 4.62 Å². The van der Waals surface area contributed by atoms with Gasteiger partial charge in [-0.25, -0.2) is 0 Å². The van der Waals surface area contributed by atoms with Crippen molar-refractivity contribution in [1.29, 1.82) is 0 Å². The molecule has 1 aromatic rings. The minimum atomic E-state index is 0.262. The summed E-state index contributed by atoms with van der Waals surface area (Å²) in [7, 11) is 0. The summed E-state index contributed by atoms with van der Waals surface area (Å²) >= 11 is 0.262. The second-order valence-electron chi connectivity index (χ2n) is 3.33. The van der Waals surface area contributed by atoms with Gasteiger partial charge >= 0.3 is 81.1 Å². The predicted molar refractivity (Wildman–Crippen MR) is 54.9 cm³/mol. The van der Waals surface area contributed by atoms with Gasteiger partial charge in [0.1, 0.15) is 0 Å². The van der Waals surface area contributed by atoms with Gasteiger partial charge in [0.2, 0.25) is 0 Å². The molecule has 0 aliphatic rings. The molecule has 0 aliphatic carbocycles. The second kappa shape index (κ2) is 3.44. The minimum absolute atomic E-state index is 0.262. The zero-order chi connectivity index (χ0) is 9.30. The van der Waals surface area contributed by atoms with Gasteiger partial charge in [-0.3, -0.25) is 0 Å². The van der Waals surface area contributed by atoms with Crippen molar-refractivity contribution in [2.45, 2.75) is 20.8 Å². The first-order chi connectivity index (χ1) is 5.52. The van der Waals surface area contributed by atoms with Crippen LogP contribution in [0.1, 0.15) is 27.0 Å². The average molecular weight is 223 g/mol. The van der Waals surface area contributed by atoms with Crippen LogP contribution < -0.4 is 0 Å². The predicted octanol–water partition coefficient (Wildman–Crippen LogP) is 1.12. The standard InChI is InChI=1S/C10H14GeO/c1-6-4-7(2)9(10(11)12)8(3)5-6/h4-5H,1-3,11H3. The molecular formula is C10H14GeO. The van der Waals surface area contributed by atoms with Crippen LogP contribution in [0.2, 0.25) is 0 Å². The summed E-state index contributed by atoms with van der Waals surface area (Å²) in [5.74, 6) is 0. The van der Waals surface area contributed by atoms with E-state index < -0.39 is 0 Å². The molecule has 1 aromatic carbocycles. The molecule has 0 N–H and O–H groups in total. The summed E-state index contributed by atoms with van der Waals surface area (Å²) in [6, 6.07) is 4.15. The van der Waals surface area contributed by atoms with E-state index in [1.165, 1.54) is 5.56 Å². The van der Waals surface area contributed by atoms with Crippen LogP contribution in [0.5, 0.6) is 0 Å². The third kappa shape index (κ3) is 1.78. The monoisotopic (exact) mass is 224 g/mol. The zero-order valence-corrected chi connectivity index (χ0v) is 12.3. The quantitative estimate of drug-likeness (QED) is 0.651. The summed E-state index contributed by atoms with van der Waals surface area (Å²) in [4.78, 5) is 11.3. The molecule has 0 amide bonds. The number of benzene rings is 1. The van der Waals surface area contributed by atoms with E-state index in [1.54, 1.807) is 0 Å². The molecule has 0 fully saturated rings. The molecule has 0 spiro atoms. The van der Waals surface area contributed by atoms with Crippen LogP contribution in [0, 0.1) is 20.8 Å². The van der Waals surface area contributed by atoms with Crippen molar-refractivity contribution in [2.24, 2.45) is 0 Å². The fourth-order valence-corrected chi connectivity index (χ4v) is 3.39. The summed E-state index contributed by atoms with van der Waals surface area (Å²) in [5, 5.41) is 0. The van der Waals surface area contributed by atoms with Crippen LogP contribution in [0.3, 0.4) is 0 Å². The molecule has 12 heavy (non-hydrogen) atoms. The van der Waals surface area contributed by atoms with Crippen LogP contribution in [-0.2, 0) is 0 Å². The molecule has 0 heterocycles. The van der Waals surface area contributed by atoms with Crippen LogP contribution in [0.15, 0.2) is 12.1 Å². The van der Waals surface area contributed by atoms with Gasteiger partial charge in [0.15, 0.2) is 0 Å². The van der Waals surface area contributed by atoms with E-state index in [0.717, 1.165) is 16.7 Å². The van der Waals surface area contributed by atoms with E-state index in [4.69, 9.17) is 0 Å². The van der Waals surface area contributed by atoms with E-state index in [-0.39, 0.29) is 16.5 Å². The average Bonchev–Trinajstić information content (AvgIpc) is 1.82. The number of hydrogen-bond acceptors (Lipinski definition) is 1. The molecule has 0 atom stereocenters. The molecule has 0 bridgehead atoms. The van der Waals surface area contributed by atoms with Gasteiger partial charge in [-0.2, -0.15) is 0 Å². The third-order valence-corrected chi connectivity index (χ3v) is 3.08. The van der Waals surface area contributed by atoms with Gasteiger partial charge in [0, 0.05) is 0 Å². The van der Waals surface area contributed by atoms with Gasteiger partial charge in [-0.05, 0) is 0 Å². The normalized spacial score (nSPS) is 10.2. The summed E-state index contributed by atoms with van der Waals surface area (Å²) in [6.07, 6.45) is 0. The summed E-state index contributed by atoms with van der Waals surface area (Å²) in [5.41, 5.74) is 4.46. The van der Waals surface area contributed by atoms with Gasteiger partial charge in [-0.15, -0.1) is 0 Å². The number of carbonyl (C=O) groups is 1. The Labute approximate surface area is 81.4 Å². The van der Waals surface area contributed by atoms with Crippen molar-refractivity contribution in [2.75, 3.05) is 0 Å². The molecule has 0 aliphatic heterocycles. The molecular weight excluding hydrogens is 209 g/mol. The Hall–Kier alpha value is -0.567. The van der Waals surface area contributed by atoms with Crippen molar-refractivity contribution in [1.82, 2.24) is 0 Å². The van der Waals surface area contributed by atoms with E-state index >= 15 is 0 Å². The van der Waals surface area contributed by atoms with Crippen LogP contribution in [0.25, 0.3) is 0 Å². The fraction of sp³-hybridized carbons (Fsp3) is 0.300. The Morgan fingerprint density at radius 2 is 1.58 bits per heavy atom. The van der Waals surface area contributed by atoms with Crippen molar-refractivity contribution in [3.8, 4) is 0 Å². The van der Waals surface area contributed by atoms with Crippen molar-refractivity contribution in [3.63, 3.8) is 0 Å². The van der Waals surface area contributed by atoms with Crippen LogP contribution in [0.4, 0.5) is 0 Å².